The van der Waals surface area contributed by atoms with Crippen LogP contribution in [0.2, 0.25) is 0 Å². The normalized spacial score (nSPS) is 37.6. The predicted molar refractivity (Wildman–Crippen MR) is 75.3 cm³/mol. The average molecular weight is 273 g/mol. The third-order valence-corrected chi connectivity index (χ3v) is 6.68. The molecule has 3 unspecified atom stereocenters. The molecule has 1 aliphatic carbocycles. The van der Waals surface area contributed by atoms with Crippen LogP contribution in [0.15, 0.2) is 0 Å². The van der Waals surface area contributed by atoms with E-state index in [1.807, 2.05) is 0 Å². The summed E-state index contributed by atoms with van der Waals surface area (Å²) in [7, 11) is -2.70. The summed E-state index contributed by atoms with van der Waals surface area (Å²) in [5, 5.41) is 3.67. The van der Waals surface area contributed by atoms with Gasteiger partial charge in [-0.15, -0.1) is 0 Å². The molecule has 1 saturated heterocycles. The molecule has 0 amide bonds. The minimum Gasteiger partial charge on any atom is -0.314 e. The van der Waals surface area contributed by atoms with Crippen LogP contribution in [0.1, 0.15) is 46.0 Å². The van der Waals surface area contributed by atoms with Gasteiger partial charge in [0.15, 0.2) is 0 Å². The van der Waals surface area contributed by atoms with E-state index in [2.05, 4.69) is 19.2 Å². The molecule has 0 aromatic heterocycles. The molecule has 0 aromatic carbocycles. The Balaban J connectivity index is 1.69. The molecule has 0 bridgehead atoms. The fraction of sp³-hybridized carbons (Fsp3) is 1.00. The van der Waals surface area contributed by atoms with Gasteiger partial charge in [0.2, 0.25) is 0 Å². The fourth-order valence-electron chi connectivity index (χ4n) is 3.21. The second-order valence-corrected chi connectivity index (χ2v) is 8.77. The summed E-state index contributed by atoms with van der Waals surface area (Å²) < 4.78 is 22.7. The zero-order valence-corrected chi connectivity index (χ0v) is 12.5. The quantitative estimate of drug-likeness (QED) is 0.857. The van der Waals surface area contributed by atoms with E-state index in [0.717, 1.165) is 31.2 Å². The van der Waals surface area contributed by atoms with Crippen LogP contribution in [0.25, 0.3) is 0 Å². The topological polar surface area (TPSA) is 46.2 Å². The van der Waals surface area contributed by atoms with E-state index in [4.69, 9.17) is 0 Å². The second kappa shape index (κ2) is 5.91. The zero-order valence-electron chi connectivity index (χ0n) is 11.7. The summed E-state index contributed by atoms with van der Waals surface area (Å²) in [4.78, 5) is 0. The third kappa shape index (κ3) is 3.95. The Labute approximate surface area is 112 Å². The van der Waals surface area contributed by atoms with E-state index in [-0.39, 0.29) is 0 Å². The van der Waals surface area contributed by atoms with Crippen molar-refractivity contribution in [2.75, 3.05) is 18.1 Å². The van der Waals surface area contributed by atoms with Crippen molar-refractivity contribution in [2.24, 2.45) is 17.8 Å². The predicted octanol–water partition coefficient (Wildman–Crippen LogP) is 2.23. The molecule has 0 aromatic rings. The minimum absolute atomic E-state index is 0.400. The molecule has 2 fully saturated rings. The molecular formula is C14H27NO2S. The van der Waals surface area contributed by atoms with Crippen LogP contribution < -0.4 is 5.32 Å². The molecule has 18 heavy (non-hydrogen) atoms. The largest absolute Gasteiger partial charge is 0.314 e. The van der Waals surface area contributed by atoms with Crippen molar-refractivity contribution < 1.29 is 8.42 Å². The first-order valence-electron chi connectivity index (χ1n) is 7.40. The Morgan fingerprint density at radius 3 is 2.28 bits per heavy atom. The first-order valence-corrected chi connectivity index (χ1v) is 9.22. The minimum atomic E-state index is -2.70. The maximum Gasteiger partial charge on any atom is 0.150 e. The summed E-state index contributed by atoms with van der Waals surface area (Å²) >= 11 is 0. The highest BCUT2D eigenvalue weighted by molar-refractivity contribution is 7.91. The lowest BCUT2D eigenvalue weighted by Gasteiger charge is -2.34. The molecule has 3 nitrogen and oxygen atoms in total. The third-order valence-electron chi connectivity index (χ3n) is 4.97. The van der Waals surface area contributed by atoms with E-state index in [1.165, 1.54) is 19.3 Å². The van der Waals surface area contributed by atoms with Crippen molar-refractivity contribution in [1.82, 2.24) is 5.32 Å². The van der Waals surface area contributed by atoms with E-state index < -0.39 is 9.84 Å². The van der Waals surface area contributed by atoms with Crippen LogP contribution in [0.4, 0.5) is 0 Å². The Kier molecular flexibility index (Phi) is 4.70. The van der Waals surface area contributed by atoms with E-state index in [0.29, 0.717) is 23.5 Å². The molecule has 106 valence electrons. The van der Waals surface area contributed by atoms with Crippen molar-refractivity contribution in [2.45, 2.75) is 52.0 Å². The van der Waals surface area contributed by atoms with E-state index >= 15 is 0 Å². The Morgan fingerprint density at radius 2 is 1.67 bits per heavy atom. The highest BCUT2D eigenvalue weighted by atomic mass is 32.2. The monoisotopic (exact) mass is 273 g/mol. The van der Waals surface area contributed by atoms with Crippen molar-refractivity contribution in [3.8, 4) is 0 Å². The van der Waals surface area contributed by atoms with Gasteiger partial charge in [0.25, 0.3) is 0 Å². The van der Waals surface area contributed by atoms with Gasteiger partial charge in [-0.05, 0) is 56.4 Å². The molecule has 0 spiro atoms. The molecule has 1 saturated carbocycles. The molecule has 1 aliphatic heterocycles. The average Bonchev–Trinajstić information content (AvgIpc) is 2.32. The molecule has 1 N–H and O–H groups in total. The molecule has 2 aliphatic rings. The van der Waals surface area contributed by atoms with Crippen molar-refractivity contribution in [3.05, 3.63) is 0 Å². The van der Waals surface area contributed by atoms with Crippen LogP contribution in [0.3, 0.4) is 0 Å². The highest BCUT2D eigenvalue weighted by Gasteiger charge is 2.27. The first-order chi connectivity index (χ1) is 8.46. The standard InChI is InChI=1S/C14H27NO2S/c1-11-3-4-14(9-12(11)2)15-10-13-5-7-18(16,17)8-6-13/h11-15H,3-10H2,1-2H3. The zero-order chi connectivity index (χ0) is 13.2. The van der Waals surface area contributed by atoms with Gasteiger partial charge in [-0.3, -0.25) is 0 Å². The van der Waals surface area contributed by atoms with Gasteiger partial charge in [-0.2, -0.15) is 0 Å². The maximum atomic E-state index is 11.4. The number of sulfone groups is 1. The van der Waals surface area contributed by atoms with Crippen molar-refractivity contribution in [3.63, 3.8) is 0 Å². The number of nitrogens with one attached hydrogen (secondary N) is 1. The fourth-order valence-corrected chi connectivity index (χ4v) is 4.80. The first kappa shape index (κ1) is 14.3. The maximum absolute atomic E-state index is 11.4. The summed E-state index contributed by atoms with van der Waals surface area (Å²) in [5.41, 5.74) is 0. The lowest BCUT2D eigenvalue weighted by molar-refractivity contribution is 0.219. The van der Waals surface area contributed by atoms with Gasteiger partial charge >= 0.3 is 0 Å². The second-order valence-electron chi connectivity index (χ2n) is 6.47. The Hall–Kier alpha value is -0.0900. The lowest BCUT2D eigenvalue weighted by Crippen LogP contribution is -2.40. The summed E-state index contributed by atoms with van der Waals surface area (Å²) in [5.74, 6) is 3.06. The number of hydrogen-bond donors (Lipinski definition) is 1. The molecule has 1 heterocycles. The van der Waals surface area contributed by atoms with Gasteiger partial charge < -0.3 is 5.32 Å². The van der Waals surface area contributed by atoms with Gasteiger partial charge in [0.05, 0.1) is 11.5 Å². The lowest BCUT2D eigenvalue weighted by atomic mass is 9.79. The van der Waals surface area contributed by atoms with Crippen LogP contribution >= 0.6 is 0 Å². The van der Waals surface area contributed by atoms with E-state index in [9.17, 15) is 8.42 Å². The van der Waals surface area contributed by atoms with Crippen LogP contribution in [0, 0.1) is 17.8 Å². The smallest absolute Gasteiger partial charge is 0.150 e. The van der Waals surface area contributed by atoms with Gasteiger partial charge in [0.1, 0.15) is 9.84 Å². The highest BCUT2D eigenvalue weighted by Crippen LogP contribution is 2.29. The number of hydrogen-bond acceptors (Lipinski definition) is 3. The number of rotatable bonds is 3. The van der Waals surface area contributed by atoms with Crippen molar-refractivity contribution >= 4 is 9.84 Å². The summed E-state index contributed by atoms with van der Waals surface area (Å²) in [6.07, 6.45) is 5.61. The Bertz CT molecular complexity index is 352. The molecule has 3 atom stereocenters. The van der Waals surface area contributed by atoms with Gasteiger partial charge in [-0.25, -0.2) is 8.42 Å². The van der Waals surface area contributed by atoms with Crippen molar-refractivity contribution in [1.29, 1.82) is 0 Å². The van der Waals surface area contributed by atoms with Crippen LogP contribution in [-0.4, -0.2) is 32.5 Å². The molecular weight excluding hydrogens is 246 g/mol. The van der Waals surface area contributed by atoms with Gasteiger partial charge in [-0.1, -0.05) is 13.8 Å². The summed E-state index contributed by atoms with van der Waals surface area (Å²) in [6.45, 7) is 5.72. The van der Waals surface area contributed by atoms with Crippen LogP contribution in [-0.2, 0) is 9.84 Å². The SMILES string of the molecule is CC1CCC(NCC2CCS(=O)(=O)CC2)CC1C. The molecule has 0 radical (unpaired) electrons. The van der Waals surface area contributed by atoms with Gasteiger partial charge in [0, 0.05) is 6.04 Å². The van der Waals surface area contributed by atoms with Crippen LogP contribution in [0.5, 0.6) is 0 Å². The molecule has 4 heteroatoms. The summed E-state index contributed by atoms with van der Waals surface area (Å²) in [6, 6.07) is 0.662. The molecule has 2 rings (SSSR count). The Morgan fingerprint density at radius 1 is 1.00 bits per heavy atom. The van der Waals surface area contributed by atoms with E-state index in [1.54, 1.807) is 0 Å².